The first kappa shape index (κ1) is 28.0. The number of nitrogens with zero attached hydrogens (tertiary/aromatic N) is 2. The number of rotatable bonds is 5. The molecule has 3 rings (SSSR count). The van der Waals surface area contributed by atoms with Crippen LogP contribution in [0.1, 0.15) is 28.0 Å². The van der Waals surface area contributed by atoms with E-state index in [0.717, 1.165) is 28.7 Å². The Morgan fingerprint density at radius 2 is 1.77 bits per heavy atom. The van der Waals surface area contributed by atoms with Crippen LogP contribution in [0.4, 0.5) is 8.78 Å². The number of carbonyl (C=O) groups excluding carboxylic acids is 1. The minimum atomic E-state index is -2.98. The summed E-state index contributed by atoms with van der Waals surface area (Å²) in [6.07, 6.45) is 0.854. The van der Waals surface area contributed by atoms with Crippen molar-refractivity contribution in [1.29, 1.82) is 0 Å². The molecule has 1 saturated heterocycles. The van der Waals surface area contributed by atoms with E-state index in [1.165, 1.54) is 12.3 Å². The molecular formula is C20H14B8ClF2N3O. The second kappa shape index (κ2) is 9.09. The van der Waals surface area contributed by atoms with E-state index in [1.807, 2.05) is 0 Å². The highest BCUT2D eigenvalue weighted by Crippen LogP contribution is 2.55. The van der Waals surface area contributed by atoms with Crippen LogP contribution < -0.4 is 5.32 Å². The predicted octanol–water partition coefficient (Wildman–Crippen LogP) is -0.0914. The van der Waals surface area contributed by atoms with Crippen molar-refractivity contribution in [3.8, 4) is 0 Å². The van der Waals surface area contributed by atoms with Crippen LogP contribution in [0.3, 0.4) is 0 Å². The average Bonchev–Trinajstić information content (AvgIpc) is 2.73. The Bertz CT molecular complexity index is 1140. The monoisotopic (exact) mass is 473 g/mol. The lowest BCUT2D eigenvalue weighted by Gasteiger charge is -2.67. The Kier molecular flexibility index (Phi) is 7.29. The van der Waals surface area contributed by atoms with E-state index in [4.69, 9.17) is 74.4 Å². The van der Waals surface area contributed by atoms with E-state index in [-0.39, 0.29) is 16.3 Å². The lowest BCUT2D eigenvalue weighted by atomic mass is 9.23. The first-order valence-electron chi connectivity index (χ1n) is 10.4. The molecule has 0 saturated carbocycles. The van der Waals surface area contributed by atoms with Gasteiger partial charge in [0.1, 0.15) is 11.5 Å². The summed E-state index contributed by atoms with van der Waals surface area (Å²) in [7, 11) is 49.0. The van der Waals surface area contributed by atoms with Crippen molar-refractivity contribution in [1.82, 2.24) is 15.2 Å². The van der Waals surface area contributed by atoms with Gasteiger partial charge in [0, 0.05) is 24.0 Å². The molecule has 1 amide bonds. The molecular weight excluding hydrogens is 458 g/mol. The van der Waals surface area contributed by atoms with Crippen LogP contribution in [0, 0.1) is 12.7 Å². The third-order valence-corrected chi connectivity index (χ3v) is 6.55. The molecule has 1 aliphatic rings. The smallest absolute Gasteiger partial charge is 0.252 e. The van der Waals surface area contributed by atoms with Crippen LogP contribution in [0.2, 0.25) is 10.2 Å². The van der Waals surface area contributed by atoms with E-state index in [0.29, 0.717) is 0 Å². The maximum Gasteiger partial charge on any atom is 0.252 e. The molecule has 1 aliphatic heterocycles. The fourth-order valence-electron chi connectivity index (χ4n) is 4.02. The van der Waals surface area contributed by atoms with Gasteiger partial charge in [-0.2, -0.15) is 0 Å². The number of pyridine rings is 1. The van der Waals surface area contributed by atoms with Crippen molar-refractivity contribution < 1.29 is 13.6 Å². The van der Waals surface area contributed by atoms with E-state index in [1.54, 1.807) is 13.0 Å². The predicted molar refractivity (Wildman–Crippen MR) is 139 cm³/mol. The zero-order valence-electron chi connectivity index (χ0n) is 18.9. The lowest BCUT2D eigenvalue weighted by molar-refractivity contribution is -0.00346. The molecule has 15 heteroatoms. The summed E-state index contributed by atoms with van der Waals surface area (Å²) in [4.78, 5) is 18.0. The summed E-state index contributed by atoms with van der Waals surface area (Å²) in [5.41, 5.74) is -2.16. The van der Waals surface area contributed by atoms with Crippen molar-refractivity contribution in [2.45, 2.75) is 40.2 Å². The van der Waals surface area contributed by atoms with Gasteiger partial charge >= 0.3 is 0 Å². The zero-order chi connectivity index (χ0) is 26.6. The van der Waals surface area contributed by atoms with Crippen LogP contribution in [0.5, 0.6) is 0 Å². The SMILES string of the molecule is [B]C([B])(NC([B])([B])C1(F)CCN(C(=O)c2ccc(F)c(Cl)c2)C([B])([B])C1([B])[B])c1ccc(C)cn1. The van der Waals surface area contributed by atoms with Gasteiger partial charge in [0.15, 0.2) is 0 Å². The van der Waals surface area contributed by atoms with Crippen LogP contribution in [0.15, 0.2) is 36.5 Å². The average molecular weight is 472 g/mol. The number of piperidine rings is 1. The van der Waals surface area contributed by atoms with Crippen molar-refractivity contribution in [3.05, 3.63) is 64.2 Å². The molecule has 4 nitrogen and oxygen atoms in total. The molecule has 1 unspecified atom stereocenters. The standard InChI is InChI=1S/C20H14B8ClF2N3O/c1-10-2-5-14(32-9-10)17(21,22)33-19(25,26)16(31)6-7-34(20(27,28)18(16,23)24)15(35)11-3-4-13(30)12(29)8-11/h2-5,8-9,33H,6-7H2,1H3. The first-order chi connectivity index (χ1) is 15.9. The van der Waals surface area contributed by atoms with E-state index < -0.39 is 51.6 Å². The molecule has 0 bridgehead atoms. The van der Waals surface area contributed by atoms with Gasteiger partial charge in [0.05, 0.1) is 67.8 Å². The molecule has 1 aromatic heterocycles. The van der Waals surface area contributed by atoms with Crippen LogP contribution in [-0.4, -0.2) is 101 Å². The molecule has 160 valence electrons. The molecule has 2 heterocycles. The second-order valence-electron chi connectivity index (χ2n) is 8.92. The quantitative estimate of drug-likeness (QED) is 0.620. The lowest BCUT2D eigenvalue weighted by Crippen LogP contribution is -2.80. The molecule has 0 spiro atoms. The summed E-state index contributed by atoms with van der Waals surface area (Å²) in [6.45, 7) is 1.36. The number of benzene rings is 1. The first-order valence-corrected chi connectivity index (χ1v) is 10.7. The van der Waals surface area contributed by atoms with E-state index in [9.17, 15) is 9.18 Å². The van der Waals surface area contributed by atoms with Crippen molar-refractivity contribution in [2.24, 2.45) is 0 Å². The highest BCUT2D eigenvalue weighted by atomic mass is 35.5. The number of alkyl halides is 1. The third-order valence-electron chi connectivity index (χ3n) is 6.26. The van der Waals surface area contributed by atoms with Gasteiger partial charge in [-0.15, -0.1) is 0 Å². The van der Waals surface area contributed by atoms with Gasteiger partial charge < -0.3 is 10.2 Å². The fraction of sp³-hybridized carbons (Fsp3) is 0.400. The van der Waals surface area contributed by atoms with E-state index >= 15 is 4.39 Å². The van der Waals surface area contributed by atoms with Crippen molar-refractivity contribution in [3.63, 3.8) is 0 Å². The summed E-state index contributed by atoms with van der Waals surface area (Å²) in [6, 6.07) is 6.35. The molecule has 1 N–H and O–H groups in total. The number of likely N-dealkylation sites (tertiary alicyclic amines) is 1. The second-order valence-corrected chi connectivity index (χ2v) is 9.32. The number of aryl methyl sites for hydroxylation is 1. The fourth-order valence-corrected chi connectivity index (χ4v) is 4.20. The van der Waals surface area contributed by atoms with Gasteiger partial charge in [0.2, 0.25) is 0 Å². The van der Waals surface area contributed by atoms with E-state index in [2.05, 4.69) is 10.3 Å². The molecule has 0 aliphatic carbocycles. The number of hydrogen-bond donors (Lipinski definition) is 1. The normalized spacial score (nSPS) is 22.0. The molecule has 1 fully saturated rings. The van der Waals surface area contributed by atoms with Gasteiger partial charge in [-0.25, -0.2) is 8.78 Å². The Hall–Kier alpha value is -1.53. The van der Waals surface area contributed by atoms with Crippen LogP contribution >= 0.6 is 11.6 Å². The summed E-state index contributed by atoms with van der Waals surface area (Å²) in [5.74, 6) is -1.58. The Morgan fingerprint density at radius 1 is 1.14 bits per heavy atom. The molecule has 16 radical (unpaired) electrons. The highest BCUT2D eigenvalue weighted by Gasteiger charge is 2.63. The molecule has 1 aromatic carbocycles. The minimum absolute atomic E-state index is 0.0826. The van der Waals surface area contributed by atoms with Crippen LogP contribution in [0.25, 0.3) is 0 Å². The largest absolute Gasteiger partial charge is 0.351 e. The van der Waals surface area contributed by atoms with Gasteiger partial charge in [-0.3, -0.25) is 9.78 Å². The number of hydrogen-bond acceptors (Lipinski definition) is 3. The number of halogens is 3. The Morgan fingerprint density at radius 3 is 2.31 bits per heavy atom. The topological polar surface area (TPSA) is 45.2 Å². The number of carbonyl (C=O) groups is 1. The van der Waals surface area contributed by atoms with Gasteiger partial charge in [-0.05, 0) is 59.2 Å². The van der Waals surface area contributed by atoms with Gasteiger partial charge in [-0.1, -0.05) is 22.9 Å². The number of nitrogens with one attached hydrogen (secondary N) is 1. The third kappa shape index (κ3) is 4.66. The maximum absolute atomic E-state index is 16.6. The Labute approximate surface area is 219 Å². The molecule has 35 heavy (non-hydrogen) atoms. The Balaban J connectivity index is 1.95. The molecule has 2 aromatic rings. The number of amides is 1. The number of aromatic nitrogens is 1. The summed E-state index contributed by atoms with van der Waals surface area (Å²) >= 11 is 5.76. The molecule has 1 atom stereocenters. The summed E-state index contributed by atoms with van der Waals surface area (Å²) in [5, 5.41) is -7.87. The maximum atomic E-state index is 16.6. The van der Waals surface area contributed by atoms with Gasteiger partial charge in [0.25, 0.3) is 5.91 Å². The van der Waals surface area contributed by atoms with Crippen molar-refractivity contribution in [2.75, 3.05) is 6.54 Å². The highest BCUT2D eigenvalue weighted by molar-refractivity contribution is 6.57. The van der Waals surface area contributed by atoms with Crippen molar-refractivity contribution >= 4 is 80.3 Å². The van der Waals surface area contributed by atoms with Crippen LogP contribution in [-0.2, 0) is 5.34 Å². The minimum Gasteiger partial charge on any atom is -0.351 e. The summed E-state index contributed by atoms with van der Waals surface area (Å²) < 4.78 is 30.2. The zero-order valence-corrected chi connectivity index (χ0v) is 19.7.